The Labute approximate surface area is 194 Å². The number of thiazole rings is 1. The van der Waals surface area contributed by atoms with Gasteiger partial charge in [-0.05, 0) is 55.3 Å². The predicted molar refractivity (Wildman–Crippen MR) is 131 cm³/mol. The molecule has 33 heavy (non-hydrogen) atoms. The van der Waals surface area contributed by atoms with Gasteiger partial charge >= 0.3 is 0 Å². The number of hydrazone groups is 1. The number of anilines is 1. The second kappa shape index (κ2) is 10.1. The first-order chi connectivity index (χ1) is 16.0. The minimum Gasteiger partial charge on any atom is -0.490 e. The molecule has 3 aromatic carbocycles. The maximum absolute atomic E-state index is 11.2. The molecule has 0 spiro atoms. The first-order valence-corrected chi connectivity index (χ1v) is 11.1. The van der Waals surface area contributed by atoms with Crippen molar-refractivity contribution in [2.75, 3.05) is 18.6 Å². The van der Waals surface area contributed by atoms with Gasteiger partial charge < -0.3 is 9.47 Å². The summed E-state index contributed by atoms with van der Waals surface area (Å²) in [6.45, 7) is 4.64. The molecule has 9 heteroatoms. The molecule has 0 fully saturated rings. The summed E-state index contributed by atoms with van der Waals surface area (Å²) in [6, 6.07) is 18.2. The maximum atomic E-state index is 11.2. The van der Waals surface area contributed by atoms with E-state index in [1.165, 1.54) is 29.7 Å². The number of benzene rings is 3. The minimum absolute atomic E-state index is 0.0460. The topological polar surface area (TPSA) is 98.9 Å². The zero-order valence-electron chi connectivity index (χ0n) is 18.1. The Morgan fingerprint density at radius 3 is 2.58 bits per heavy atom. The predicted octanol–water partition coefficient (Wildman–Crippen LogP) is 5.73. The van der Waals surface area contributed by atoms with E-state index in [1.54, 1.807) is 6.07 Å². The van der Waals surface area contributed by atoms with Gasteiger partial charge in [0.15, 0.2) is 0 Å². The summed E-state index contributed by atoms with van der Waals surface area (Å²) >= 11 is 1.47. The summed E-state index contributed by atoms with van der Waals surface area (Å²) < 4.78 is 12.6. The van der Waals surface area contributed by atoms with Gasteiger partial charge in [0.25, 0.3) is 5.69 Å². The number of nitrogens with zero attached hydrogens (tertiary/aromatic N) is 3. The van der Waals surface area contributed by atoms with Gasteiger partial charge in [-0.15, -0.1) is 0 Å². The monoisotopic (exact) mass is 462 g/mol. The van der Waals surface area contributed by atoms with Crippen LogP contribution >= 0.6 is 11.3 Å². The van der Waals surface area contributed by atoms with Gasteiger partial charge in [0.05, 0.1) is 21.4 Å². The molecule has 0 aliphatic rings. The van der Waals surface area contributed by atoms with Crippen LogP contribution in [0, 0.1) is 24.0 Å². The molecule has 0 radical (unpaired) electrons. The molecule has 168 valence electrons. The number of non-ortho nitro benzene ring substituents is 1. The van der Waals surface area contributed by atoms with Crippen molar-refractivity contribution in [1.82, 2.24) is 4.98 Å². The van der Waals surface area contributed by atoms with Crippen molar-refractivity contribution in [3.8, 4) is 11.5 Å². The Hall–Kier alpha value is -3.98. The SMILES string of the molecule is Cc1cc(C)cc(OCCOc2ccc([N+](=O)[O-])cc2/C=N\Nc2nc3ccccc3s2)c1. The fourth-order valence-electron chi connectivity index (χ4n) is 3.29. The van der Waals surface area contributed by atoms with Gasteiger partial charge in [-0.2, -0.15) is 5.10 Å². The molecule has 0 amide bonds. The van der Waals surface area contributed by atoms with Crippen molar-refractivity contribution < 1.29 is 14.4 Å². The van der Waals surface area contributed by atoms with E-state index in [0.29, 0.717) is 23.1 Å². The average molecular weight is 463 g/mol. The minimum atomic E-state index is -0.453. The van der Waals surface area contributed by atoms with E-state index in [-0.39, 0.29) is 12.3 Å². The standard InChI is InChI=1S/C24H22N4O4S/c1-16-11-17(2)13-20(12-16)31-9-10-32-22-8-7-19(28(29)30)14-18(22)15-25-27-24-26-21-5-3-4-6-23(21)33-24/h3-8,11-15H,9-10H2,1-2H3,(H,26,27)/b25-15-. The third kappa shape index (κ3) is 5.83. The van der Waals surface area contributed by atoms with Gasteiger partial charge in [0.2, 0.25) is 5.13 Å². The Morgan fingerprint density at radius 1 is 1.06 bits per heavy atom. The molecule has 8 nitrogen and oxygen atoms in total. The summed E-state index contributed by atoms with van der Waals surface area (Å²) in [5.41, 5.74) is 6.44. The number of ether oxygens (including phenoxy) is 2. The number of nitro benzene ring substituents is 1. The van der Waals surface area contributed by atoms with Crippen LogP contribution in [0.1, 0.15) is 16.7 Å². The van der Waals surface area contributed by atoms with Crippen molar-refractivity contribution in [1.29, 1.82) is 0 Å². The number of nitro groups is 1. The van der Waals surface area contributed by atoms with Crippen molar-refractivity contribution in [3.63, 3.8) is 0 Å². The quantitative estimate of drug-likeness (QED) is 0.148. The van der Waals surface area contributed by atoms with Gasteiger partial charge in [-0.25, -0.2) is 4.98 Å². The largest absolute Gasteiger partial charge is 0.490 e. The molecule has 0 aliphatic carbocycles. The van der Waals surface area contributed by atoms with Gasteiger partial charge in [0.1, 0.15) is 24.7 Å². The molecule has 1 heterocycles. The number of rotatable bonds is 9. The zero-order chi connectivity index (χ0) is 23.2. The number of nitrogens with one attached hydrogen (secondary N) is 1. The second-order valence-corrected chi connectivity index (χ2v) is 8.39. The van der Waals surface area contributed by atoms with Crippen molar-refractivity contribution in [3.05, 3.63) is 87.5 Å². The number of para-hydroxylation sites is 1. The van der Waals surface area contributed by atoms with Crippen LogP contribution in [0.2, 0.25) is 0 Å². The average Bonchev–Trinajstić information content (AvgIpc) is 3.19. The lowest BCUT2D eigenvalue weighted by Crippen LogP contribution is -2.10. The van der Waals surface area contributed by atoms with Gasteiger partial charge in [0, 0.05) is 17.7 Å². The highest BCUT2D eigenvalue weighted by molar-refractivity contribution is 7.22. The van der Waals surface area contributed by atoms with Crippen molar-refractivity contribution in [2.45, 2.75) is 13.8 Å². The van der Waals surface area contributed by atoms with E-state index in [9.17, 15) is 10.1 Å². The Morgan fingerprint density at radius 2 is 1.82 bits per heavy atom. The second-order valence-electron chi connectivity index (χ2n) is 7.36. The molecule has 1 aromatic heterocycles. The van der Waals surface area contributed by atoms with Crippen LogP contribution in [0.4, 0.5) is 10.8 Å². The third-order valence-corrected chi connectivity index (χ3v) is 5.61. The first-order valence-electron chi connectivity index (χ1n) is 10.2. The molecule has 0 unspecified atom stereocenters. The van der Waals surface area contributed by atoms with E-state index in [0.717, 1.165) is 27.1 Å². The van der Waals surface area contributed by atoms with E-state index < -0.39 is 4.92 Å². The van der Waals surface area contributed by atoms with Gasteiger partial charge in [-0.1, -0.05) is 29.5 Å². The number of hydrogen-bond donors (Lipinski definition) is 1. The molecule has 0 saturated carbocycles. The van der Waals surface area contributed by atoms with E-state index >= 15 is 0 Å². The number of aryl methyl sites for hydroxylation is 2. The molecule has 4 aromatic rings. The fourth-order valence-corrected chi connectivity index (χ4v) is 4.10. The molecule has 0 atom stereocenters. The van der Waals surface area contributed by atoms with Crippen LogP contribution < -0.4 is 14.9 Å². The molecular formula is C24H22N4O4S. The summed E-state index contributed by atoms with van der Waals surface area (Å²) in [4.78, 5) is 15.2. The zero-order valence-corrected chi connectivity index (χ0v) is 19.0. The van der Waals surface area contributed by atoms with Crippen LogP contribution in [0.25, 0.3) is 10.2 Å². The lowest BCUT2D eigenvalue weighted by Gasteiger charge is -2.11. The van der Waals surface area contributed by atoms with Gasteiger partial charge in [-0.3, -0.25) is 15.5 Å². The van der Waals surface area contributed by atoms with Crippen molar-refractivity contribution >= 4 is 38.6 Å². The van der Waals surface area contributed by atoms with Crippen LogP contribution in [-0.2, 0) is 0 Å². The summed E-state index contributed by atoms with van der Waals surface area (Å²) in [5, 5.41) is 16.0. The highest BCUT2D eigenvalue weighted by Crippen LogP contribution is 2.26. The smallest absolute Gasteiger partial charge is 0.270 e. The number of aromatic nitrogens is 1. The molecule has 4 rings (SSSR count). The molecule has 1 N–H and O–H groups in total. The molecule has 0 bridgehead atoms. The number of hydrogen-bond acceptors (Lipinski definition) is 8. The maximum Gasteiger partial charge on any atom is 0.270 e. The van der Waals surface area contributed by atoms with E-state index in [2.05, 4.69) is 21.6 Å². The highest BCUT2D eigenvalue weighted by Gasteiger charge is 2.11. The normalized spacial score (nSPS) is 11.1. The summed E-state index contributed by atoms with van der Waals surface area (Å²) in [5.74, 6) is 1.25. The summed E-state index contributed by atoms with van der Waals surface area (Å²) in [7, 11) is 0. The number of fused-ring (bicyclic) bond motifs is 1. The van der Waals surface area contributed by atoms with Crippen molar-refractivity contribution in [2.24, 2.45) is 5.10 Å². The van der Waals surface area contributed by atoms with Crippen LogP contribution in [0.5, 0.6) is 11.5 Å². The Balaban J connectivity index is 1.42. The van der Waals surface area contributed by atoms with E-state index in [4.69, 9.17) is 9.47 Å². The van der Waals surface area contributed by atoms with Crippen LogP contribution in [-0.4, -0.2) is 29.3 Å². The highest BCUT2D eigenvalue weighted by atomic mass is 32.1. The lowest BCUT2D eigenvalue weighted by molar-refractivity contribution is -0.384. The Bertz CT molecular complexity index is 1270. The third-order valence-electron chi connectivity index (χ3n) is 4.67. The van der Waals surface area contributed by atoms with Crippen LogP contribution in [0.3, 0.4) is 0 Å². The lowest BCUT2D eigenvalue weighted by atomic mass is 10.1. The fraction of sp³-hybridized carbons (Fsp3) is 0.167. The van der Waals surface area contributed by atoms with Crippen LogP contribution in [0.15, 0.2) is 65.8 Å². The molecule has 0 saturated heterocycles. The Kier molecular flexibility index (Phi) is 6.80. The summed E-state index contributed by atoms with van der Waals surface area (Å²) in [6.07, 6.45) is 1.49. The molecule has 0 aliphatic heterocycles. The first kappa shape index (κ1) is 22.2. The molecular weight excluding hydrogens is 440 g/mol. The van der Waals surface area contributed by atoms with E-state index in [1.807, 2.05) is 50.2 Å².